The molecule has 0 fully saturated rings. The van der Waals surface area contributed by atoms with E-state index in [0.717, 1.165) is 16.4 Å². The molecule has 2 aromatic heterocycles. The van der Waals surface area contributed by atoms with Crippen LogP contribution >= 0.6 is 23.1 Å². The summed E-state index contributed by atoms with van der Waals surface area (Å²) in [7, 11) is 0. The van der Waals surface area contributed by atoms with E-state index in [4.69, 9.17) is 5.73 Å². The number of pyridine rings is 1. The second-order valence-corrected chi connectivity index (χ2v) is 5.13. The number of aryl methyl sites for hydroxylation is 1. The Morgan fingerprint density at radius 2 is 2.21 bits per heavy atom. The molecule has 0 aliphatic heterocycles. The molecule has 0 saturated heterocycles. The Kier molecular flexibility index (Phi) is 2.74. The van der Waals surface area contributed by atoms with E-state index < -0.39 is 0 Å². The summed E-state index contributed by atoms with van der Waals surface area (Å²) in [5.41, 5.74) is 7.34. The number of aromatic nitrogens is 1. The number of anilines is 1. The van der Waals surface area contributed by atoms with Crippen molar-refractivity contribution < 1.29 is 0 Å². The molecule has 0 aromatic carbocycles. The number of thiophene rings is 1. The monoisotopic (exact) mass is 222 g/mol. The normalized spacial score (nSPS) is 10.4. The van der Waals surface area contributed by atoms with Crippen molar-refractivity contribution in [3.05, 3.63) is 35.3 Å². The van der Waals surface area contributed by atoms with E-state index in [1.54, 1.807) is 23.1 Å². The van der Waals surface area contributed by atoms with Crippen molar-refractivity contribution in [3.63, 3.8) is 0 Å². The van der Waals surface area contributed by atoms with Crippen LogP contribution < -0.4 is 5.73 Å². The van der Waals surface area contributed by atoms with Gasteiger partial charge in [0, 0.05) is 0 Å². The molecule has 0 spiro atoms. The standard InChI is InChI=1S/C10H10N2S2/c1-7-8(11)4-5-9(12-7)14-10-3-2-6-13-10/h2-6H,11H2,1H3. The zero-order chi connectivity index (χ0) is 9.97. The molecule has 0 amide bonds. The molecule has 14 heavy (non-hydrogen) atoms. The van der Waals surface area contributed by atoms with Crippen LogP contribution in [0.25, 0.3) is 0 Å². The van der Waals surface area contributed by atoms with Gasteiger partial charge in [0.2, 0.25) is 0 Å². The lowest BCUT2D eigenvalue weighted by Crippen LogP contribution is -1.92. The molecule has 4 heteroatoms. The number of nitrogens with zero attached hydrogens (tertiary/aromatic N) is 1. The summed E-state index contributed by atoms with van der Waals surface area (Å²) in [5, 5.41) is 3.06. The first-order valence-electron chi connectivity index (χ1n) is 4.20. The highest BCUT2D eigenvalue weighted by atomic mass is 32.2. The highest BCUT2D eigenvalue weighted by Crippen LogP contribution is 2.30. The van der Waals surface area contributed by atoms with Crippen molar-refractivity contribution in [1.29, 1.82) is 0 Å². The molecule has 0 aliphatic carbocycles. The Balaban J connectivity index is 2.22. The van der Waals surface area contributed by atoms with Crippen LogP contribution in [0.4, 0.5) is 5.69 Å². The first kappa shape index (κ1) is 9.55. The predicted molar refractivity (Wildman–Crippen MR) is 61.8 cm³/mol. The Morgan fingerprint density at radius 3 is 2.86 bits per heavy atom. The van der Waals surface area contributed by atoms with Crippen LogP contribution in [-0.4, -0.2) is 4.98 Å². The van der Waals surface area contributed by atoms with Crippen LogP contribution in [0.2, 0.25) is 0 Å². The van der Waals surface area contributed by atoms with Crippen LogP contribution in [0, 0.1) is 6.92 Å². The number of hydrogen-bond donors (Lipinski definition) is 1. The van der Waals surface area contributed by atoms with E-state index in [-0.39, 0.29) is 0 Å². The van der Waals surface area contributed by atoms with Gasteiger partial charge >= 0.3 is 0 Å². The zero-order valence-electron chi connectivity index (χ0n) is 7.73. The SMILES string of the molecule is Cc1nc(Sc2cccs2)ccc1N. The summed E-state index contributed by atoms with van der Waals surface area (Å²) >= 11 is 3.39. The average molecular weight is 222 g/mol. The van der Waals surface area contributed by atoms with E-state index in [1.807, 2.05) is 25.1 Å². The molecule has 0 aliphatic rings. The van der Waals surface area contributed by atoms with Crippen LogP contribution in [0.3, 0.4) is 0 Å². The molecule has 2 rings (SSSR count). The Morgan fingerprint density at radius 1 is 1.36 bits per heavy atom. The van der Waals surface area contributed by atoms with Crippen molar-refractivity contribution in [2.45, 2.75) is 16.2 Å². The van der Waals surface area contributed by atoms with Gasteiger partial charge in [-0.25, -0.2) is 4.98 Å². The van der Waals surface area contributed by atoms with Crippen molar-refractivity contribution in [2.75, 3.05) is 5.73 Å². The van der Waals surface area contributed by atoms with Crippen molar-refractivity contribution in [2.24, 2.45) is 0 Å². The molecule has 2 heterocycles. The molecule has 2 N–H and O–H groups in total. The summed E-state index contributed by atoms with van der Waals surface area (Å²) in [5.74, 6) is 0. The molecule has 0 bridgehead atoms. The predicted octanol–water partition coefficient (Wildman–Crippen LogP) is 3.18. The lowest BCUT2D eigenvalue weighted by atomic mass is 10.3. The van der Waals surface area contributed by atoms with Crippen molar-refractivity contribution >= 4 is 28.8 Å². The maximum absolute atomic E-state index is 5.69. The van der Waals surface area contributed by atoms with E-state index in [2.05, 4.69) is 16.4 Å². The highest BCUT2D eigenvalue weighted by molar-refractivity contribution is 8.01. The Bertz CT molecular complexity index is 424. The van der Waals surface area contributed by atoms with Gasteiger partial charge in [0.05, 0.1) is 15.6 Å². The van der Waals surface area contributed by atoms with Crippen molar-refractivity contribution in [3.8, 4) is 0 Å². The quantitative estimate of drug-likeness (QED) is 0.848. The van der Waals surface area contributed by atoms with Crippen LogP contribution in [0.15, 0.2) is 38.9 Å². The molecule has 2 aromatic rings. The number of nitrogens with two attached hydrogens (primary N) is 1. The third-order valence-corrected chi connectivity index (χ3v) is 3.78. The summed E-state index contributed by atoms with van der Waals surface area (Å²) < 4.78 is 1.25. The number of hydrogen-bond acceptors (Lipinski definition) is 4. The molecular formula is C10H10N2S2. The van der Waals surface area contributed by atoms with Gasteiger partial charge in [0.25, 0.3) is 0 Å². The van der Waals surface area contributed by atoms with Crippen LogP contribution in [0.1, 0.15) is 5.69 Å². The van der Waals surface area contributed by atoms with Gasteiger partial charge in [-0.2, -0.15) is 0 Å². The first-order valence-corrected chi connectivity index (χ1v) is 5.90. The van der Waals surface area contributed by atoms with Gasteiger partial charge < -0.3 is 5.73 Å². The van der Waals surface area contributed by atoms with Gasteiger partial charge in [0.1, 0.15) is 5.03 Å². The Labute approximate surface area is 91.2 Å². The first-order chi connectivity index (χ1) is 6.75. The minimum Gasteiger partial charge on any atom is -0.397 e. The van der Waals surface area contributed by atoms with Crippen molar-refractivity contribution in [1.82, 2.24) is 4.98 Å². The molecule has 0 saturated carbocycles. The molecule has 0 atom stereocenters. The fourth-order valence-corrected chi connectivity index (χ4v) is 2.77. The van der Waals surface area contributed by atoms with Crippen LogP contribution in [-0.2, 0) is 0 Å². The lowest BCUT2D eigenvalue weighted by Gasteiger charge is -2.01. The second-order valence-electron chi connectivity index (χ2n) is 2.86. The minimum absolute atomic E-state index is 0.750. The third-order valence-electron chi connectivity index (χ3n) is 1.80. The fraction of sp³-hybridized carbons (Fsp3) is 0.100. The highest BCUT2D eigenvalue weighted by Gasteiger charge is 2.01. The van der Waals surface area contributed by atoms with E-state index in [1.165, 1.54) is 4.21 Å². The summed E-state index contributed by atoms with van der Waals surface area (Å²) in [4.78, 5) is 4.39. The molecule has 2 nitrogen and oxygen atoms in total. The molecule has 72 valence electrons. The molecule has 0 radical (unpaired) electrons. The largest absolute Gasteiger partial charge is 0.397 e. The summed E-state index contributed by atoms with van der Waals surface area (Å²) in [6.45, 7) is 1.92. The van der Waals surface area contributed by atoms with E-state index >= 15 is 0 Å². The lowest BCUT2D eigenvalue weighted by molar-refractivity contribution is 1.07. The maximum atomic E-state index is 5.69. The van der Waals surface area contributed by atoms with Gasteiger partial charge in [-0.05, 0) is 30.5 Å². The zero-order valence-corrected chi connectivity index (χ0v) is 9.36. The summed E-state index contributed by atoms with van der Waals surface area (Å²) in [6, 6.07) is 7.98. The number of nitrogen functional groups attached to an aromatic ring is 1. The third kappa shape index (κ3) is 2.08. The van der Waals surface area contributed by atoms with Gasteiger partial charge in [0.15, 0.2) is 0 Å². The average Bonchev–Trinajstić information content (AvgIpc) is 2.64. The fourth-order valence-electron chi connectivity index (χ4n) is 1.03. The maximum Gasteiger partial charge on any atom is 0.102 e. The molecular weight excluding hydrogens is 212 g/mol. The number of rotatable bonds is 2. The van der Waals surface area contributed by atoms with Gasteiger partial charge in [-0.3, -0.25) is 0 Å². The van der Waals surface area contributed by atoms with Gasteiger partial charge in [-0.1, -0.05) is 17.8 Å². The molecule has 0 unspecified atom stereocenters. The van der Waals surface area contributed by atoms with E-state index in [9.17, 15) is 0 Å². The Hall–Kier alpha value is -1.00. The topological polar surface area (TPSA) is 38.9 Å². The second kappa shape index (κ2) is 4.02. The van der Waals surface area contributed by atoms with E-state index in [0.29, 0.717) is 0 Å². The minimum atomic E-state index is 0.750. The van der Waals surface area contributed by atoms with Crippen LogP contribution in [0.5, 0.6) is 0 Å². The smallest absolute Gasteiger partial charge is 0.102 e. The summed E-state index contributed by atoms with van der Waals surface area (Å²) in [6.07, 6.45) is 0. The van der Waals surface area contributed by atoms with Gasteiger partial charge in [-0.15, -0.1) is 11.3 Å².